The van der Waals surface area contributed by atoms with E-state index in [-0.39, 0.29) is 24.8 Å². The summed E-state index contributed by atoms with van der Waals surface area (Å²) in [5, 5.41) is 0. The van der Waals surface area contributed by atoms with Crippen molar-refractivity contribution in [2.75, 3.05) is 0 Å². The number of hydrogen-bond donors (Lipinski definition) is 0. The molecule has 1 aliphatic carbocycles. The maximum Gasteiger partial charge on any atom is -0.0130 e. The maximum absolute atomic E-state index is 2.12. The SMILES string of the molecule is CC.Cl.Cl.[CH]1C=CC=CC1. The van der Waals surface area contributed by atoms with Crippen molar-refractivity contribution >= 4 is 24.8 Å². The van der Waals surface area contributed by atoms with Crippen molar-refractivity contribution in [1.82, 2.24) is 0 Å². The van der Waals surface area contributed by atoms with E-state index in [0.717, 1.165) is 6.42 Å². The molecular formula is C8H15Cl2. The van der Waals surface area contributed by atoms with E-state index >= 15 is 0 Å². The van der Waals surface area contributed by atoms with Crippen LogP contribution < -0.4 is 0 Å². The highest BCUT2D eigenvalue weighted by Gasteiger charge is 1.78. The average molecular weight is 182 g/mol. The Morgan fingerprint density at radius 2 is 1.50 bits per heavy atom. The van der Waals surface area contributed by atoms with Crippen molar-refractivity contribution in [2.24, 2.45) is 0 Å². The summed E-state index contributed by atoms with van der Waals surface area (Å²) >= 11 is 0. The van der Waals surface area contributed by atoms with Crippen LogP contribution in [0.3, 0.4) is 0 Å². The minimum Gasteiger partial charge on any atom is -0.147 e. The standard InChI is InChI=1S/C6H7.C2H6.2ClH/c1-2-4-6-5-3-1;1-2;;/h1-5H,6H2;1-2H3;2*1H. The molecule has 1 aliphatic rings. The van der Waals surface area contributed by atoms with Gasteiger partial charge in [0, 0.05) is 0 Å². The van der Waals surface area contributed by atoms with E-state index in [1.807, 2.05) is 19.9 Å². The van der Waals surface area contributed by atoms with Gasteiger partial charge in [-0.25, -0.2) is 0 Å². The highest BCUT2D eigenvalue weighted by molar-refractivity contribution is 5.85. The summed E-state index contributed by atoms with van der Waals surface area (Å²) in [5.41, 5.74) is 0. The molecule has 0 heterocycles. The van der Waals surface area contributed by atoms with Gasteiger partial charge < -0.3 is 0 Å². The second-order valence-electron chi connectivity index (χ2n) is 1.28. The molecule has 0 aromatic heterocycles. The van der Waals surface area contributed by atoms with Gasteiger partial charge in [0.25, 0.3) is 0 Å². The number of rotatable bonds is 0. The van der Waals surface area contributed by atoms with Crippen LogP contribution in [0.5, 0.6) is 0 Å². The third-order valence-electron chi connectivity index (χ3n) is 0.767. The average Bonchev–Trinajstić information content (AvgIpc) is 1.96. The molecule has 0 saturated heterocycles. The molecule has 0 atom stereocenters. The van der Waals surface area contributed by atoms with Gasteiger partial charge in [-0.1, -0.05) is 38.2 Å². The lowest BCUT2D eigenvalue weighted by Gasteiger charge is -1.87. The third-order valence-corrected chi connectivity index (χ3v) is 0.767. The van der Waals surface area contributed by atoms with E-state index in [0.29, 0.717) is 0 Å². The summed E-state index contributed by atoms with van der Waals surface area (Å²) in [6.45, 7) is 4.00. The molecule has 61 valence electrons. The van der Waals surface area contributed by atoms with Gasteiger partial charge in [0.05, 0.1) is 0 Å². The van der Waals surface area contributed by atoms with Crippen LogP contribution in [-0.2, 0) is 0 Å². The van der Waals surface area contributed by atoms with E-state index in [1.54, 1.807) is 0 Å². The highest BCUT2D eigenvalue weighted by atomic mass is 35.5. The Balaban J connectivity index is -0.000000114. The molecule has 0 spiro atoms. The molecule has 0 aromatic rings. The molecule has 0 bridgehead atoms. The second-order valence-corrected chi connectivity index (χ2v) is 1.28. The molecule has 0 unspecified atom stereocenters. The first-order chi connectivity index (χ1) is 4.00. The molecule has 0 aliphatic heterocycles. The fourth-order valence-corrected chi connectivity index (χ4v) is 0.457. The Labute approximate surface area is 76.2 Å². The van der Waals surface area contributed by atoms with Gasteiger partial charge in [0.15, 0.2) is 0 Å². The predicted molar refractivity (Wildman–Crippen MR) is 53.0 cm³/mol. The lowest BCUT2D eigenvalue weighted by molar-refractivity contribution is 1.27. The first-order valence-corrected chi connectivity index (χ1v) is 3.15. The molecule has 10 heavy (non-hydrogen) atoms. The van der Waals surface area contributed by atoms with Crippen LogP contribution in [0.15, 0.2) is 24.3 Å². The fourth-order valence-electron chi connectivity index (χ4n) is 0.457. The van der Waals surface area contributed by atoms with Gasteiger partial charge in [-0.2, -0.15) is 0 Å². The van der Waals surface area contributed by atoms with E-state index in [4.69, 9.17) is 0 Å². The summed E-state index contributed by atoms with van der Waals surface area (Å²) in [5.74, 6) is 0. The van der Waals surface area contributed by atoms with Crippen LogP contribution in [0.1, 0.15) is 20.3 Å². The van der Waals surface area contributed by atoms with Gasteiger partial charge in [0.1, 0.15) is 0 Å². The minimum absolute atomic E-state index is 0. The molecule has 0 fully saturated rings. The topological polar surface area (TPSA) is 0 Å². The lowest BCUT2D eigenvalue weighted by Crippen LogP contribution is -1.69. The van der Waals surface area contributed by atoms with E-state index < -0.39 is 0 Å². The van der Waals surface area contributed by atoms with Crippen LogP contribution in [0.25, 0.3) is 0 Å². The molecule has 0 N–H and O–H groups in total. The molecule has 2 heteroatoms. The van der Waals surface area contributed by atoms with Crippen molar-refractivity contribution in [3.8, 4) is 0 Å². The van der Waals surface area contributed by atoms with Crippen LogP contribution in [0, 0.1) is 6.42 Å². The summed E-state index contributed by atoms with van der Waals surface area (Å²) < 4.78 is 0. The van der Waals surface area contributed by atoms with E-state index in [1.165, 1.54) is 0 Å². The molecular weight excluding hydrogens is 167 g/mol. The Kier molecular flexibility index (Phi) is 26.6. The number of halogens is 2. The van der Waals surface area contributed by atoms with E-state index in [2.05, 4.69) is 24.6 Å². The van der Waals surface area contributed by atoms with Crippen LogP contribution in [-0.4, -0.2) is 0 Å². The minimum atomic E-state index is 0. The summed E-state index contributed by atoms with van der Waals surface area (Å²) in [6.07, 6.45) is 11.5. The second kappa shape index (κ2) is 16.0. The van der Waals surface area contributed by atoms with Crippen molar-refractivity contribution in [3.05, 3.63) is 30.7 Å². The Morgan fingerprint density at radius 3 is 1.60 bits per heavy atom. The molecule has 0 saturated carbocycles. The van der Waals surface area contributed by atoms with Crippen molar-refractivity contribution in [3.63, 3.8) is 0 Å². The smallest absolute Gasteiger partial charge is 0.0130 e. The summed E-state index contributed by atoms with van der Waals surface area (Å²) in [6, 6.07) is 0. The largest absolute Gasteiger partial charge is 0.147 e. The molecule has 1 radical (unpaired) electrons. The van der Waals surface area contributed by atoms with Gasteiger partial charge in [-0.05, 0) is 12.8 Å². The zero-order chi connectivity index (χ0) is 6.24. The zero-order valence-corrected chi connectivity index (χ0v) is 8.04. The number of hydrogen-bond acceptors (Lipinski definition) is 0. The van der Waals surface area contributed by atoms with Crippen molar-refractivity contribution in [1.29, 1.82) is 0 Å². The van der Waals surface area contributed by atoms with Gasteiger partial charge in [-0.3, -0.25) is 0 Å². The predicted octanol–water partition coefficient (Wildman–Crippen LogP) is 3.58. The van der Waals surface area contributed by atoms with Gasteiger partial charge >= 0.3 is 0 Å². The fraction of sp³-hybridized carbons (Fsp3) is 0.375. The van der Waals surface area contributed by atoms with Crippen molar-refractivity contribution in [2.45, 2.75) is 20.3 Å². The normalized spacial score (nSPS) is 11.8. The van der Waals surface area contributed by atoms with Crippen LogP contribution in [0.2, 0.25) is 0 Å². The maximum atomic E-state index is 2.12. The van der Waals surface area contributed by atoms with Crippen LogP contribution >= 0.6 is 24.8 Å². The van der Waals surface area contributed by atoms with Gasteiger partial charge in [-0.15, -0.1) is 24.8 Å². The quantitative estimate of drug-likeness (QED) is 0.537. The van der Waals surface area contributed by atoms with E-state index in [9.17, 15) is 0 Å². The molecule has 0 amide bonds. The Bertz CT molecular complexity index is 73.3. The molecule has 0 aromatic carbocycles. The van der Waals surface area contributed by atoms with Crippen LogP contribution in [0.4, 0.5) is 0 Å². The molecule has 0 nitrogen and oxygen atoms in total. The van der Waals surface area contributed by atoms with Crippen molar-refractivity contribution < 1.29 is 0 Å². The Morgan fingerprint density at radius 1 is 0.900 bits per heavy atom. The first kappa shape index (κ1) is 16.6. The summed E-state index contributed by atoms with van der Waals surface area (Å²) in [4.78, 5) is 0. The molecule has 1 rings (SSSR count). The van der Waals surface area contributed by atoms with Gasteiger partial charge in [0.2, 0.25) is 0 Å². The third kappa shape index (κ3) is 10.9. The zero-order valence-electron chi connectivity index (χ0n) is 6.41. The highest BCUT2D eigenvalue weighted by Crippen LogP contribution is 1.96. The lowest BCUT2D eigenvalue weighted by atomic mass is 10.2. The summed E-state index contributed by atoms with van der Waals surface area (Å²) in [7, 11) is 0. The number of allylic oxidation sites excluding steroid dienone is 4. The first-order valence-electron chi connectivity index (χ1n) is 3.15. The monoisotopic (exact) mass is 181 g/mol. The Hall–Kier alpha value is 0.0600.